The van der Waals surface area contributed by atoms with Crippen LogP contribution in [0.2, 0.25) is 0 Å². The van der Waals surface area contributed by atoms with Crippen LogP contribution in [0.15, 0.2) is 78.9 Å². The van der Waals surface area contributed by atoms with Gasteiger partial charge in [0.1, 0.15) is 5.56 Å². The average molecular weight is 508 g/mol. The largest absolute Gasteiger partial charge is 0.353 e. The molecule has 2 aromatic heterocycles. The van der Waals surface area contributed by atoms with E-state index in [-0.39, 0.29) is 17.7 Å². The molecule has 0 radical (unpaired) electrons. The number of benzene rings is 3. The second-order valence-corrected chi connectivity index (χ2v) is 9.05. The number of aryl methyl sites for hydroxylation is 2. The van der Waals surface area contributed by atoms with E-state index in [1.807, 2.05) is 55.5 Å². The van der Waals surface area contributed by atoms with Crippen molar-refractivity contribution in [1.29, 1.82) is 0 Å². The number of nitrogens with zero attached hydrogens (tertiary/aromatic N) is 2. The number of hydrogen-bond acceptors (Lipinski definition) is 5. The normalized spacial score (nSPS) is 11.0. The zero-order valence-electron chi connectivity index (χ0n) is 20.7. The summed E-state index contributed by atoms with van der Waals surface area (Å²) < 4.78 is 0. The second kappa shape index (κ2) is 10.5. The van der Waals surface area contributed by atoms with Crippen LogP contribution in [0.5, 0.6) is 0 Å². The van der Waals surface area contributed by atoms with Crippen LogP contribution in [0.1, 0.15) is 34.3 Å². The Morgan fingerprint density at radius 1 is 0.974 bits per heavy atom. The standard InChI is InChI=1S/C29H25N5O4/c1-18-13-15-24-22(17-18)20(28(31-24)25-16-14-19-7-2-4-10-23(19)30-25)9-6-12-27(35)32-33-29(36)21-8-3-5-11-26(21)34(37)38/h2-5,7-8,10-11,13-17,31H,6,9,12H2,1H3,(H,32,35)(H,33,36). The van der Waals surface area contributed by atoms with Gasteiger partial charge >= 0.3 is 0 Å². The zero-order chi connectivity index (χ0) is 26.6. The van der Waals surface area contributed by atoms with E-state index in [0.717, 1.165) is 44.3 Å². The van der Waals surface area contributed by atoms with Crippen LogP contribution in [0.25, 0.3) is 33.2 Å². The van der Waals surface area contributed by atoms with Crippen molar-refractivity contribution < 1.29 is 14.5 Å². The van der Waals surface area contributed by atoms with Gasteiger partial charge in [0, 0.05) is 28.8 Å². The summed E-state index contributed by atoms with van der Waals surface area (Å²) in [5.74, 6) is -1.14. The Morgan fingerprint density at radius 2 is 1.76 bits per heavy atom. The molecule has 5 rings (SSSR count). The molecular formula is C29H25N5O4. The molecule has 5 aromatic rings. The van der Waals surface area contributed by atoms with Crippen LogP contribution in [0.4, 0.5) is 5.69 Å². The third-order valence-corrected chi connectivity index (χ3v) is 6.41. The Balaban J connectivity index is 1.30. The number of pyridine rings is 1. The lowest BCUT2D eigenvalue weighted by Crippen LogP contribution is -2.41. The Hall–Kier alpha value is -5.05. The van der Waals surface area contributed by atoms with Crippen molar-refractivity contribution in [2.45, 2.75) is 26.2 Å². The lowest BCUT2D eigenvalue weighted by Gasteiger charge is -2.09. The van der Waals surface area contributed by atoms with Crippen LogP contribution in [-0.2, 0) is 11.2 Å². The van der Waals surface area contributed by atoms with Crippen molar-refractivity contribution in [3.8, 4) is 11.4 Å². The molecule has 0 aliphatic heterocycles. The SMILES string of the molecule is Cc1ccc2[nH]c(-c3ccc4ccccc4n3)c(CCCC(=O)NNC(=O)c3ccccc3[N+](=O)[O-])c2c1. The summed E-state index contributed by atoms with van der Waals surface area (Å²) in [5, 5.41) is 13.3. The molecule has 2 amide bonds. The van der Waals surface area contributed by atoms with Gasteiger partial charge in [0.25, 0.3) is 11.6 Å². The molecule has 3 aromatic carbocycles. The Morgan fingerprint density at radius 3 is 2.61 bits per heavy atom. The number of nitro groups is 1. The minimum atomic E-state index is -0.748. The molecule has 0 saturated carbocycles. The number of hydrogen-bond donors (Lipinski definition) is 3. The van der Waals surface area contributed by atoms with Crippen molar-refractivity contribution in [1.82, 2.24) is 20.8 Å². The fourth-order valence-electron chi connectivity index (χ4n) is 4.55. The molecule has 190 valence electrons. The van der Waals surface area contributed by atoms with Crippen molar-refractivity contribution in [2.24, 2.45) is 0 Å². The van der Waals surface area contributed by atoms with Gasteiger partial charge in [-0.25, -0.2) is 4.98 Å². The van der Waals surface area contributed by atoms with E-state index >= 15 is 0 Å². The number of carbonyl (C=O) groups is 2. The van der Waals surface area contributed by atoms with E-state index in [9.17, 15) is 19.7 Å². The van der Waals surface area contributed by atoms with Crippen molar-refractivity contribution in [3.05, 3.63) is 106 Å². The number of nitro benzene ring substituents is 1. The number of nitrogens with one attached hydrogen (secondary N) is 3. The maximum atomic E-state index is 12.5. The maximum absolute atomic E-state index is 12.5. The predicted molar refractivity (Wildman–Crippen MR) is 145 cm³/mol. The number of carbonyl (C=O) groups excluding carboxylic acids is 2. The van der Waals surface area contributed by atoms with Gasteiger partial charge in [-0.15, -0.1) is 0 Å². The van der Waals surface area contributed by atoms with Gasteiger partial charge in [-0.05, 0) is 55.7 Å². The predicted octanol–water partition coefficient (Wildman–Crippen LogP) is 5.38. The van der Waals surface area contributed by atoms with Crippen LogP contribution < -0.4 is 10.9 Å². The molecule has 9 heteroatoms. The lowest BCUT2D eigenvalue weighted by molar-refractivity contribution is -0.385. The monoisotopic (exact) mass is 507 g/mol. The molecule has 0 aliphatic rings. The molecule has 9 nitrogen and oxygen atoms in total. The van der Waals surface area contributed by atoms with Crippen molar-refractivity contribution in [3.63, 3.8) is 0 Å². The van der Waals surface area contributed by atoms with E-state index in [0.29, 0.717) is 12.8 Å². The fraction of sp³-hybridized carbons (Fsp3) is 0.138. The fourth-order valence-corrected chi connectivity index (χ4v) is 4.55. The summed E-state index contributed by atoms with van der Waals surface area (Å²) in [6.07, 6.45) is 1.29. The van der Waals surface area contributed by atoms with Crippen LogP contribution in [0, 0.1) is 17.0 Å². The van der Waals surface area contributed by atoms with Gasteiger partial charge in [-0.2, -0.15) is 0 Å². The minimum Gasteiger partial charge on any atom is -0.353 e. The third kappa shape index (κ3) is 5.08. The van der Waals surface area contributed by atoms with Crippen molar-refractivity contribution in [2.75, 3.05) is 0 Å². The average Bonchev–Trinajstić information content (AvgIpc) is 3.29. The first-order chi connectivity index (χ1) is 18.4. The molecule has 0 aliphatic carbocycles. The minimum absolute atomic E-state index is 0.125. The molecule has 2 heterocycles. The Bertz CT molecular complexity index is 1690. The molecule has 0 spiro atoms. The highest BCUT2D eigenvalue weighted by molar-refractivity contribution is 5.99. The van der Waals surface area contributed by atoms with Gasteiger partial charge in [0.15, 0.2) is 0 Å². The Kier molecular flexibility index (Phi) is 6.82. The molecule has 38 heavy (non-hydrogen) atoms. The molecule has 0 atom stereocenters. The van der Waals surface area contributed by atoms with Crippen molar-refractivity contribution >= 4 is 39.3 Å². The first-order valence-electron chi connectivity index (χ1n) is 12.2. The highest BCUT2D eigenvalue weighted by Gasteiger charge is 2.20. The van der Waals surface area contributed by atoms with E-state index in [1.165, 1.54) is 24.3 Å². The summed E-state index contributed by atoms with van der Waals surface area (Å²) in [7, 11) is 0. The molecule has 0 fully saturated rings. The number of aromatic amines is 1. The van der Waals surface area contributed by atoms with E-state index in [2.05, 4.69) is 21.9 Å². The van der Waals surface area contributed by atoms with Gasteiger partial charge in [0.2, 0.25) is 5.91 Å². The van der Waals surface area contributed by atoms with Gasteiger partial charge in [0.05, 0.1) is 21.8 Å². The molecule has 0 unspecified atom stereocenters. The molecule has 3 N–H and O–H groups in total. The number of aromatic nitrogens is 2. The van der Waals surface area contributed by atoms with Gasteiger partial charge in [-0.1, -0.05) is 48.0 Å². The topological polar surface area (TPSA) is 130 Å². The smallest absolute Gasteiger partial charge is 0.282 e. The highest BCUT2D eigenvalue weighted by Crippen LogP contribution is 2.32. The number of H-pyrrole nitrogens is 1. The number of para-hydroxylation sites is 2. The van der Waals surface area contributed by atoms with E-state index in [4.69, 9.17) is 4.98 Å². The third-order valence-electron chi connectivity index (χ3n) is 6.41. The summed E-state index contributed by atoms with van der Waals surface area (Å²) in [4.78, 5) is 43.7. The van der Waals surface area contributed by atoms with E-state index in [1.54, 1.807) is 0 Å². The number of rotatable bonds is 7. The molecular weight excluding hydrogens is 482 g/mol. The first kappa shape index (κ1) is 24.6. The van der Waals surface area contributed by atoms with Crippen LogP contribution in [0.3, 0.4) is 0 Å². The quantitative estimate of drug-likeness (QED) is 0.201. The summed E-state index contributed by atoms with van der Waals surface area (Å²) in [6, 6.07) is 23.8. The molecule has 0 bridgehead atoms. The second-order valence-electron chi connectivity index (χ2n) is 9.05. The number of hydrazine groups is 1. The number of amides is 2. The first-order valence-corrected chi connectivity index (χ1v) is 12.2. The lowest BCUT2D eigenvalue weighted by atomic mass is 10.0. The zero-order valence-corrected chi connectivity index (χ0v) is 20.7. The Labute approximate surface area is 218 Å². The maximum Gasteiger partial charge on any atom is 0.282 e. The van der Waals surface area contributed by atoms with Crippen LogP contribution in [-0.4, -0.2) is 26.7 Å². The summed E-state index contributed by atoms with van der Waals surface area (Å²) >= 11 is 0. The van der Waals surface area contributed by atoms with Gasteiger partial charge < -0.3 is 4.98 Å². The number of fused-ring (bicyclic) bond motifs is 2. The highest BCUT2D eigenvalue weighted by atomic mass is 16.6. The van der Waals surface area contributed by atoms with Crippen LogP contribution >= 0.6 is 0 Å². The summed E-state index contributed by atoms with van der Waals surface area (Å²) in [6.45, 7) is 2.04. The molecule has 0 saturated heterocycles. The van der Waals surface area contributed by atoms with Gasteiger partial charge in [-0.3, -0.25) is 30.6 Å². The van der Waals surface area contributed by atoms with E-state index < -0.39 is 16.7 Å². The summed E-state index contributed by atoms with van der Waals surface area (Å²) in [5.41, 5.74) is 10.0.